The van der Waals surface area contributed by atoms with Crippen molar-refractivity contribution < 1.29 is 14.0 Å². The Morgan fingerprint density at radius 3 is 1.32 bits per heavy atom. The van der Waals surface area contributed by atoms with Gasteiger partial charge in [-0.3, -0.25) is 0 Å². The van der Waals surface area contributed by atoms with E-state index in [4.69, 9.17) is 0 Å². The second-order valence-electron chi connectivity index (χ2n) is 7.30. The van der Waals surface area contributed by atoms with E-state index in [2.05, 4.69) is 61.3 Å². The van der Waals surface area contributed by atoms with Gasteiger partial charge in [0.05, 0.1) is 0 Å². The molecular weight excluding hydrogens is 363 g/mol. The third kappa shape index (κ3) is 3.30. The van der Waals surface area contributed by atoms with Gasteiger partial charge >= 0.3 is 128 Å². The summed E-state index contributed by atoms with van der Waals surface area (Å²) in [5.41, 5.74) is 6.34. The van der Waals surface area contributed by atoms with Crippen molar-refractivity contribution in [3.63, 3.8) is 0 Å². The molecule has 0 spiro atoms. The van der Waals surface area contributed by atoms with Crippen molar-refractivity contribution in [1.29, 1.82) is 0 Å². The van der Waals surface area contributed by atoms with Crippen LogP contribution < -0.4 is 0 Å². The third-order valence-electron chi connectivity index (χ3n) is 6.08. The van der Waals surface area contributed by atoms with E-state index in [1.54, 1.807) is 22.3 Å². The van der Waals surface area contributed by atoms with Gasteiger partial charge in [-0.15, -0.1) is 24.8 Å². The molecule has 0 radical (unpaired) electrons. The summed E-state index contributed by atoms with van der Waals surface area (Å²) < 4.78 is 6.54. The maximum absolute atomic E-state index is 2.72. The Morgan fingerprint density at radius 1 is 0.818 bits per heavy atom. The van der Waals surface area contributed by atoms with Gasteiger partial charge in [-0.2, -0.15) is 0 Å². The fraction of sp³-hybridized carbons (Fsp3) is 0.556. The molecule has 2 rings (SSSR count). The second kappa shape index (κ2) is 7.57. The quantitative estimate of drug-likeness (QED) is 0.498. The minimum absolute atomic E-state index is 0. The molecular formula is C18H32Cl2SiTi. The van der Waals surface area contributed by atoms with Crippen molar-refractivity contribution in [2.45, 2.75) is 63.8 Å². The van der Waals surface area contributed by atoms with Crippen molar-refractivity contribution in [2.75, 3.05) is 0 Å². The molecule has 0 aromatic heterocycles. The number of hydrogen-bond acceptors (Lipinski definition) is 0. The van der Waals surface area contributed by atoms with E-state index in [0.29, 0.717) is 0 Å². The Bertz CT molecular complexity index is 592. The third-order valence-corrected chi connectivity index (χ3v) is 25.8. The van der Waals surface area contributed by atoms with Crippen molar-refractivity contribution in [2.24, 2.45) is 0 Å². The number of hydrogen-bond donors (Lipinski definition) is 0. The molecule has 2 aliphatic carbocycles. The standard InChI is InChI=1S/2C7H9.2C2H5.2ClH.H2Si.Ti/c2*1-6-3-4-7(2)5-6;2*1-2;;;;/h2*5H,3H2,1-2H3;2*1H2,2H3;2*1H;1H2;. The summed E-state index contributed by atoms with van der Waals surface area (Å²) in [5.74, 6) is 0. The molecule has 0 aromatic rings. The van der Waals surface area contributed by atoms with Gasteiger partial charge in [-0.05, 0) is 0 Å². The molecule has 0 bridgehead atoms. The molecule has 0 N–H and O–H groups in total. The first-order valence-corrected chi connectivity index (χ1v) is 15.8. The van der Waals surface area contributed by atoms with Crippen LogP contribution in [0.3, 0.4) is 0 Å². The van der Waals surface area contributed by atoms with Gasteiger partial charge in [0, 0.05) is 0 Å². The van der Waals surface area contributed by atoms with Gasteiger partial charge in [-0.25, -0.2) is 0 Å². The van der Waals surface area contributed by atoms with Crippen LogP contribution in [0.1, 0.15) is 54.4 Å². The molecule has 0 fully saturated rings. The Hall–Kier alpha value is 0.471. The molecule has 126 valence electrons. The van der Waals surface area contributed by atoms with Gasteiger partial charge in [-0.1, -0.05) is 0 Å². The van der Waals surface area contributed by atoms with Crippen LogP contribution in [0.25, 0.3) is 0 Å². The van der Waals surface area contributed by atoms with Gasteiger partial charge < -0.3 is 0 Å². The average molecular weight is 395 g/mol. The zero-order chi connectivity index (χ0) is 15.2. The molecule has 0 unspecified atom stereocenters. The van der Waals surface area contributed by atoms with E-state index >= 15 is 0 Å². The summed E-state index contributed by atoms with van der Waals surface area (Å²) in [6, 6.07) is 0. The molecule has 0 saturated heterocycles. The molecule has 0 amide bonds. The smallest absolute Gasteiger partial charge is 0.147 e. The summed E-state index contributed by atoms with van der Waals surface area (Å²) >= 11 is -2.72. The first-order chi connectivity index (χ1) is 9.25. The van der Waals surface area contributed by atoms with Crippen LogP contribution in [-0.4, -0.2) is 7.63 Å². The Kier molecular flexibility index (Phi) is 7.73. The fourth-order valence-corrected chi connectivity index (χ4v) is 17.8. The molecule has 2 aliphatic rings. The minimum Gasteiger partial charge on any atom is -0.147 e. The molecule has 0 aromatic carbocycles. The zero-order valence-electron chi connectivity index (χ0n) is 15.0. The Balaban J connectivity index is 0.00000220. The van der Waals surface area contributed by atoms with Crippen molar-refractivity contribution in [3.05, 3.63) is 42.2 Å². The Morgan fingerprint density at radius 2 is 1.14 bits per heavy atom. The van der Waals surface area contributed by atoms with Gasteiger partial charge in [0.15, 0.2) is 0 Å². The topological polar surface area (TPSA) is 0 Å². The van der Waals surface area contributed by atoms with Crippen molar-refractivity contribution in [1.82, 2.24) is 0 Å². The van der Waals surface area contributed by atoms with Crippen LogP contribution in [-0.2, 0) is 14.0 Å². The van der Waals surface area contributed by atoms with E-state index in [9.17, 15) is 0 Å². The van der Waals surface area contributed by atoms with Crippen LogP contribution in [0.15, 0.2) is 42.2 Å². The fourth-order valence-electron chi connectivity index (χ4n) is 4.63. The maximum atomic E-state index is 2.47. The van der Waals surface area contributed by atoms with Crippen LogP contribution in [0, 0.1) is 0 Å². The summed E-state index contributed by atoms with van der Waals surface area (Å²) in [6.45, 7) is 14.3. The van der Waals surface area contributed by atoms with E-state index in [0.717, 1.165) is 0 Å². The molecule has 0 saturated carbocycles. The monoisotopic (exact) mass is 394 g/mol. The van der Waals surface area contributed by atoms with E-state index in [-0.39, 0.29) is 24.8 Å². The number of halogens is 2. The zero-order valence-corrected chi connectivity index (χ0v) is 19.6. The predicted molar refractivity (Wildman–Crippen MR) is 106 cm³/mol. The minimum atomic E-state index is -2.72. The van der Waals surface area contributed by atoms with Crippen LogP contribution in [0.2, 0.25) is 9.45 Å². The van der Waals surface area contributed by atoms with Crippen molar-refractivity contribution in [3.8, 4) is 0 Å². The van der Waals surface area contributed by atoms with Crippen molar-refractivity contribution >= 4 is 32.4 Å². The van der Waals surface area contributed by atoms with Gasteiger partial charge in [0.1, 0.15) is 0 Å². The van der Waals surface area contributed by atoms with Gasteiger partial charge in [0.25, 0.3) is 0 Å². The molecule has 4 heteroatoms. The largest absolute Gasteiger partial charge is 0.147 e. The molecule has 0 aliphatic heterocycles. The molecule has 0 nitrogen and oxygen atoms in total. The summed E-state index contributed by atoms with van der Waals surface area (Å²) in [6.07, 6.45) is 7.40. The second-order valence-corrected chi connectivity index (χ2v) is 24.5. The summed E-state index contributed by atoms with van der Waals surface area (Å²) in [5, 5.41) is 0. The van der Waals surface area contributed by atoms with E-state index in [1.165, 1.54) is 22.3 Å². The summed E-state index contributed by atoms with van der Waals surface area (Å²) in [7, 11) is 2.45. The first kappa shape index (κ1) is 22.5. The SMILES string of the molecule is C[CH2][Ti](=[SiH2])([CH2]C)([C]1=C(C)C=C(C)C1)[C]1=C(C)C=C(C)C1.Cl.Cl. The normalized spacial score (nSPS) is 18.9. The first-order valence-electron chi connectivity index (χ1n) is 8.04. The molecule has 22 heavy (non-hydrogen) atoms. The number of allylic oxidation sites excluding steroid dienone is 8. The average Bonchev–Trinajstić information content (AvgIpc) is 2.92. The molecule has 0 atom stereocenters. The predicted octanol–water partition coefficient (Wildman–Crippen LogP) is 6.19. The van der Waals surface area contributed by atoms with Crippen LogP contribution in [0.4, 0.5) is 0 Å². The van der Waals surface area contributed by atoms with Crippen LogP contribution >= 0.6 is 24.8 Å². The van der Waals surface area contributed by atoms with Crippen LogP contribution in [0.5, 0.6) is 0 Å². The van der Waals surface area contributed by atoms with E-state index in [1.807, 2.05) is 7.76 Å². The summed E-state index contributed by atoms with van der Waals surface area (Å²) in [4.78, 5) is 0. The Labute approximate surface area is 151 Å². The maximum Gasteiger partial charge on any atom is -0.147 e. The number of rotatable bonds is 4. The van der Waals surface area contributed by atoms with Gasteiger partial charge in [0.2, 0.25) is 0 Å². The molecule has 0 heterocycles. The van der Waals surface area contributed by atoms with E-state index < -0.39 is 14.0 Å².